The van der Waals surface area contributed by atoms with Crippen molar-refractivity contribution in [2.45, 2.75) is 63.3 Å². The van der Waals surface area contributed by atoms with Gasteiger partial charge in [0.2, 0.25) is 5.91 Å². The van der Waals surface area contributed by atoms with Crippen LogP contribution in [0.4, 0.5) is 15.9 Å². The number of carbonyl (C=O) groups is 1. The number of hydrogen-bond acceptors (Lipinski definition) is 11. The first-order valence-corrected chi connectivity index (χ1v) is 18.7. The molecule has 11 nitrogen and oxygen atoms in total. The van der Waals surface area contributed by atoms with Crippen molar-refractivity contribution in [1.29, 1.82) is 5.26 Å². The molecular formula is C37H39ClFN9O2S. The molecule has 1 amide bonds. The molecule has 0 bridgehead atoms. The normalized spacial score (nSPS) is 23.5. The van der Waals surface area contributed by atoms with Crippen molar-refractivity contribution in [2.24, 2.45) is 0 Å². The van der Waals surface area contributed by atoms with Crippen LogP contribution in [0.15, 0.2) is 42.5 Å². The average molecular weight is 728 g/mol. The number of amides is 1. The van der Waals surface area contributed by atoms with E-state index in [0.717, 1.165) is 59.5 Å². The fourth-order valence-electron chi connectivity index (χ4n) is 8.34. The van der Waals surface area contributed by atoms with Crippen LogP contribution in [0.25, 0.3) is 16.8 Å². The quantitative estimate of drug-likeness (QED) is 0.213. The van der Waals surface area contributed by atoms with Crippen LogP contribution in [-0.2, 0) is 17.8 Å². The van der Waals surface area contributed by atoms with Crippen LogP contribution < -0.4 is 14.5 Å². The molecule has 3 saturated heterocycles. The summed E-state index contributed by atoms with van der Waals surface area (Å²) in [5.41, 5.74) is 2.61. The summed E-state index contributed by atoms with van der Waals surface area (Å²) in [5.74, 6) is 1.28. The van der Waals surface area contributed by atoms with Crippen LogP contribution in [0.1, 0.15) is 47.8 Å². The Morgan fingerprint density at radius 3 is 2.82 bits per heavy atom. The van der Waals surface area contributed by atoms with Crippen molar-refractivity contribution in [3.05, 3.63) is 69.6 Å². The van der Waals surface area contributed by atoms with Gasteiger partial charge in [0.05, 0.1) is 41.3 Å². The number of hydrogen-bond donors (Lipinski definition) is 0. The van der Waals surface area contributed by atoms with Crippen LogP contribution >= 0.6 is 23.1 Å². The molecule has 8 rings (SSSR count). The van der Waals surface area contributed by atoms with Crippen LogP contribution in [0.3, 0.4) is 0 Å². The predicted octanol–water partition coefficient (Wildman–Crippen LogP) is 5.61. The Morgan fingerprint density at radius 2 is 2.00 bits per heavy atom. The first-order valence-electron chi connectivity index (χ1n) is 17.5. The zero-order chi connectivity index (χ0) is 35.1. The number of benzene rings is 2. The maximum atomic E-state index is 14.6. The lowest BCUT2D eigenvalue weighted by Gasteiger charge is -2.42. The molecular weight excluding hydrogens is 689 g/mol. The second kappa shape index (κ2) is 14.0. The number of aromatic nitrogens is 4. The number of nitriles is 1. The number of ether oxygens (including phenoxy) is 1. The Balaban J connectivity index is 1.10. The minimum Gasteiger partial charge on any atom is -0.461 e. The third kappa shape index (κ3) is 6.61. The Kier molecular flexibility index (Phi) is 9.25. The van der Waals surface area contributed by atoms with Crippen LogP contribution in [0.2, 0.25) is 5.02 Å². The lowest BCUT2D eigenvalue weighted by molar-refractivity contribution is -0.128. The van der Waals surface area contributed by atoms with Crippen molar-refractivity contribution in [1.82, 2.24) is 29.1 Å². The van der Waals surface area contributed by atoms with Gasteiger partial charge >= 0.3 is 6.01 Å². The molecule has 3 fully saturated rings. The van der Waals surface area contributed by atoms with Gasteiger partial charge in [-0.2, -0.15) is 19.6 Å². The summed E-state index contributed by atoms with van der Waals surface area (Å²) in [7, 11) is 0. The fourth-order valence-corrected chi connectivity index (χ4v) is 9.19. The summed E-state index contributed by atoms with van der Waals surface area (Å²) in [6.07, 6.45) is 5.59. The van der Waals surface area contributed by atoms with Gasteiger partial charge in [-0.05, 0) is 67.9 Å². The molecule has 264 valence electrons. The number of fused-ring (bicyclic) bond motifs is 3. The van der Waals surface area contributed by atoms with E-state index in [9.17, 15) is 14.4 Å². The first-order chi connectivity index (χ1) is 24.8. The zero-order valence-corrected chi connectivity index (χ0v) is 30.0. The van der Waals surface area contributed by atoms with Gasteiger partial charge in [-0.3, -0.25) is 9.69 Å². The molecule has 0 N–H and O–H groups in total. The largest absolute Gasteiger partial charge is 0.461 e. The lowest BCUT2D eigenvalue weighted by atomic mass is 9.95. The minimum atomic E-state index is -0.858. The highest BCUT2D eigenvalue weighted by molar-refractivity contribution is 7.06. The number of carbonyl (C=O) groups excluding carboxylic acids is 1. The van der Waals surface area contributed by atoms with Crippen LogP contribution in [0, 0.1) is 18.3 Å². The highest BCUT2D eigenvalue weighted by Crippen LogP contribution is 2.41. The Bertz CT molecular complexity index is 2030. The van der Waals surface area contributed by atoms with Gasteiger partial charge < -0.3 is 19.4 Å². The molecule has 0 spiro atoms. The van der Waals surface area contributed by atoms with Crippen molar-refractivity contribution < 1.29 is 13.9 Å². The molecule has 0 unspecified atom stereocenters. The van der Waals surface area contributed by atoms with E-state index in [1.54, 1.807) is 11.0 Å². The molecule has 6 heterocycles. The minimum absolute atomic E-state index is 0.163. The van der Waals surface area contributed by atoms with Crippen molar-refractivity contribution in [3.63, 3.8) is 0 Å². The fraction of sp³-hybridized carbons (Fsp3) is 0.459. The molecule has 3 atom stereocenters. The summed E-state index contributed by atoms with van der Waals surface area (Å²) in [5, 5.41) is 13.2. The van der Waals surface area contributed by atoms with Gasteiger partial charge in [0.1, 0.15) is 29.4 Å². The molecule has 2 aromatic carbocycles. The van der Waals surface area contributed by atoms with E-state index in [1.165, 1.54) is 17.6 Å². The summed E-state index contributed by atoms with van der Waals surface area (Å²) < 4.78 is 25.2. The predicted molar refractivity (Wildman–Crippen MR) is 196 cm³/mol. The van der Waals surface area contributed by atoms with E-state index < -0.39 is 6.17 Å². The summed E-state index contributed by atoms with van der Waals surface area (Å²) >= 11 is 7.99. The zero-order valence-electron chi connectivity index (χ0n) is 28.5. The molecule has 2 aromatic heterocycles. The topological polar surface area (TPSA) is 115 Å². The molecule has 4 aliphatic heterocycles. The van der Waals surface area contributed by atoms with E-state index in [-0.39, 0.29) is 29.9 Å². The van der Waals surface area contributed by atoms with E-state index in [4.69, 9.17) is 26.3 Å². The highest BCUT2D eigenvalue weighted by atomic mass is 35.5. The van der Waals surface area contributed by atoms with E-state index in [0.29, 0.717) is 68.0 Å². The lowest BCUT2D eigenvalue weighted by Crippen LogP contribution is -2.55. The second-order valence-corrected chi connectivity index (χ2v) is 15.1. The molecule has 14 heteroatoms. The van der Waals surface area contributed by atoms with Gasteiger partial charge in [-0.15, -0.1) is 0 Å². The van der Waals surface area contributed by atoms with Gasteiger partial charge in [0, 0.05) is 61.9 Å². The van der Waals surface area contributed by atoms with E-state index >= 15 is 0 Å². The second-order valence-electron chi connectivity index (χ2n) is 13.9. The van der Waals surface area contributed by atoms with Crippen LogP contribution in [-0.4, -0.2) is 98.7 Å². The molecule has 51 heavy (non-hydrogen) atoms. The Labute approximate surface area is 305 Å². The van der Waals surface area contributed by atoms with Gasteiger partial charge in [-0.1, -0.05) is 35.9 Å². The Hall–Kier alpha value is -4.38. The van der Waals surface area contributed by atoms with Crippen LogP contribution in [0.5, 0.6) is 6.01 Å². The van der Waals surface area contributed by atoms with E-state index in [1.807, 2.05) is 19.1 Å². The first kappa shape index (κ1) is 33.7. The molecule has 4 aromatic rings. The smallest absolute Gasteiger partial charge is 0.318 e. The summed E-state index contributed by atoms with van der Waals surface area (Å²) in [4.78, 5) is 36.2. The number of alkyl halides is 1. The monoisotopic (exact) mass is 727 g/mol. The molecule has 0 aliphatic carbocycles. The van der Waals surface area contributed by atoms with Gasteiger partial charge in [0.15, 0.2) is 0 Å². The number of anilines is 2. The van der Waals surface area contributed by atoms with Crippen molar-refractivity contribution >= 4 is 57.4 Å². The standard InChI is InChI=1S/C37H39ClFN9O2S/c1-24-41-32(51-44-24)9-10-33(49)48-18-17-46(21-27(48)11-14-40)35-28-12-16-45(31-8-3-6-25-5-2-7-29(38)34(25)31)22-30(28)42-36(43-35)50-23-37-13-4-15-47(37)20-26(39)19-37/h2-3,5-10,26-27H,4,11-13,15-23H2,1H3/b10-9+/t26-,27+,37+/m1/s1. The van der Waals surface area contributed by atoms with E-state index in [2.05, 4.69) is 54.4 Å². The average Bonchev–Trinajstić information content (AvgIpc) is 3.82. The SMILES string of the molecule is Cc1nsc(/C=C/C(=O)N2CCN(c3nc(OC[C@@]45CCCN4C[C@H](F)C5)nc4c3CCN(c3cccc5cccc(Cl)c35)C4)C[C@@H]2CC#N)n1. The Morgan fingerprint density at radius 1 is 1.14 bits per heavy atom. The molecule has 0 saturated carbocycles. The number of piperazine rings is 1. The summed E-state index contributed by atoms with van der Waals surface area (Å²) in [6, 6.07) is 14.4. The van der Waals surface area contributed by atoms with Crippen molar-refractivity contribution in [3.8, 4) is 12.1 Å². The van der Waals surface area contributed by atoms with Gasteiger partial charge in [-0.25, -0.2) is 9.37 Å². The van der Waals surface area contributed by atoms with Gasteiger partial charge in [0.25, 0.3) is 0 Å². The third-order valence-electron chi connectivity index (χ3n) is 10.7. The molecule has 4 aliphatic rings. The maximum Gasteiger partial charge on any atom is 0.318 e. The number of halogens is 2. The maximum absolute atomic E-state index is 14.6. The summed E-state index contributed by atoms with van der Waals surface area (Å²) in [6.45, 7) is 6.14. The number of nitrogens with zero attached hydrogens (tertiary/aromatic N) is 9. The highest BCUT2D eigenvalue weighted by Gasteiger charge is 2.49. The third-order valence-corrected chi connectivity index (χ3v) is 11.8. The number of aryl methyl sites for hydroxylation is 1. The number of rotatable bonds is 8. The van der Waals surface area contributed by atoms with Crippen molar-refractivity contribution in [2.75, 3.05) is 55.7 Å². The molecule has 0 radical (unpaired) electrons.